The van der Waals surface area contributed by atoms with Crippen molar-refractivity contribution in [2.75, 3.05) is 6.61 Å². The molecule has 17 heavy (non-hydrogen) atoms. The molecule has 0 spiro atoms. The van der Waals surface area contributed by atoms with Crippen molar-refractivity contribution in [2.45, 2.75) is 30.7 Å². The molecule has 0 fully saturated rings. The quantitative estimate of drug-likeness (QED) is 0.876. The van der Waals surface area contributed by atoms with Gasteiger partial charge in [-0.05, 0) is 19.4 Å². The molecule has 1 heterocycles. The van der Waals surface area contributed by atoms with E-state index in [9.17, 15) is 13.5 Å². The molecule has 1 atom stereocenters. The summed E-state index contributed by atoms with van der Waals surface area (Å²) >= 11 is 12.5. The predicted octanol–water partition coefficient (Wildman–Crippen LogP) is 2.49. The Bertz CT molecular complexity index is 494. The molecule has 0 aromatic carbocycles. The fourth-order valence-corrected chi connectivity index (χ4v) is 4.72. The third-order valence-corrected chi connectivity index (χ3v) is 5.82. The van der Waals surface area contributed by atoms with Crippen LogP contribution in [0.25, 0.3) is 0 Å². The first-order valence-corrected chi connectivity index (χ1v) is 7.89. The van der Waals surface area contributed by atoms with Crippen molar-refractivity contribution in [3.63, 3.8) is 0 Å². The Labute approximate surface area is 115 Å². The first-order chi connectivity index (χ1) is 7.74. The van der Waals surface area contributed by atoms with Crippen LogP contribution in [0.3, 0.4) is 0 Å². The first-order valence-electron chi connectivity index (χ1n) is 4.84. The molecular formula is C9H13Cl2NO3S2. The van der Waals surface area contributed by atoms with E-state index < -0.39 is 15.6 Å². The van der Waals surface area contributed by atoms with Gasteiger partial charge in [-0.1, -0.05) is 30.1 Å². The largest absolute Gasteiger partial charge is 0.394 e. The third-order valence-electron chi connectivity index (χ3n) is 2.42. The molecule has 0 bridgehead atoms. The number of halogens is 2. The molecule has 1 rings (SSSR count). The zero-order valence-electron chi connectivity index (χ0n) is 9.33. The Morgan fingerprint density at radius 2 is 2.12 bits per heavy atom. The highest BCUT2D eigenvalue weighted by molar-refractivity contribution is 7.89. The Hall–Kier alpha value is 0.150. The van der Waals surface area contributed by atoms with E-state index in [-0.39, 0.29) is 15.8 Å². The summed E-state index contributed by atoms with van der Waals surface area (Å²) in [5.41, 5.74) is -0.906. The lowest BCUT2D eigenvalue weighted by Crippen LogP contribution is -2.48. The molecule has 0 amide bonds. The van der Waals surface area contributed by atoms with Gasteiger partial charge in [0.15, 0.2) is 0 Å². The van der Waals surface area contributed by atoms with Crippen LogP contribution in [-0.4, -0.2) is 25.7 Å². The highest BCUT2D eigenvalue weighted by atomic mass is 35.5. The lowest BCUT2D eigenvalue weighted by atomic mass is 10.0. The number of hydrogen-bond donors (Lipinski definition) is 2. The van der Waals surface area contributed by atoms with E-state index in [1.807, 2.05) is 0 Å². The molecule has 2 N–H and O–H groups in total. The minimum atomic E-state index is -3.77. The molecule has 1 aromatic heterocycles. The third kappa shape index (κ3) is 3.56. The zero-order chi connectivity index (χ0) is 13.3. The zero-order valence-corrected chi connectivity index (χ0v) is 12.5. The average molecular weight is 318 g/mol. The van der Waals surface area contributed by atoms with E-state index in [2.05, 4.69) is 4.72 Å². The van der Waals surface area contributed by atoms with E-state index in [0.717, 1.165) is 11.3 Å². The van der Waals surface area contributed by atoms with Crippen LogP contribution in [-0.2, 0) is 10.0 Å². The van der Waals surface area contributed by atoms with Crippen molar-refractivity contribution >= 4 is 44.6 Å². The second-order valence-corrected chi connectivity index (χ2v) is 7.80. The normalized spacial score (nSPS) is 15.8. The molecule has 0 saturated heterocycles. The number of aliphatic hydroxyl groups excluding tert-OH is 1. The van der Waals surface area contributed by atoms with Crippen LogP contribution in [0.4, 0.5) is 0 Å². The van der Waals surface area contributed by atoms with Crippen molar-refractivity contribution in [3.8, 4) is 0 Å². The summed E-state index contributed by atoms with van der Waals surface area (Å²) in [6.07, 6.45) is 0.457. The monoisotopic (exact) mass is 317 g/mol. The molecule has 1 aromatic rings. The topological polar surface area (TPSA) is 66.4 Å². The molecule has 8 heteroatoms. The maximum atomic E-state index is 12.0. The molecular weight excluding hydrogens is 305 g/mol. The lowest BCUT2D eigenvalue weighted by Gasteiger charge is -2.26. The van der Waals surface area contributed by atoms with Crippen molar-refractivity contribution in [3.05, 3.63) is 14.7 Å². The molecule has 4 nitrogen and oxygen atoms in total. The summed E-state index contributed by atoms with van der Waals surface area (Å²) in [6, 6.07) is 1.30. The summed E-state index contributed by atoms with van der Waals surface area (Å²) in [6.45, 7) is 3.10. The number of hydrogen-bond acceptors (Lipinski definition) is 4. The van der Waals surface area contributed by atoms with E-state index in [1.54, 1.807) is 13.8 Å². The smallest absolute Gasteiger partial charge is 0.243 e. The van der Waals surface area contributed by atoms with Crippen LogP contribution < -0.4 is 4.72 Å². The number of aliphatic hydroxyl groups is 1. The van der Waals surface area contributed by atoms with Crippen LogP contribution in [0.5, 0.6) is 0 Å². The summed E-state index contributed by atoms with van der Waals surface area (Å²) in [5, 5.41) is 9.19. The van der Waals surface area contributed by atoms with E-state index in [4.69, 9.17) is 23.2 Å². The Morgan fingerprint density at radius 1 is 1.53 bits per heavy atom. The number of rotatable bonds is 5. The minimum Gasteiger partial charge on any atom is -0.394 e. The van der Waals surface area contributed by atoms with Gasteiger partial charge in [0.05, 0.1) is 16.5 Å². The lowest BCUT2D eigenvalue weighted by molar-refractivity contribution is 0.191. The Morgan fingerprint density at radius 3 is 2.47 bits per heavy atom. The van der Waals surface area contributed by atoms with Gasteiger partial charge in [-0.25, -0.2) is 13.1 Å². The van der Waals surface area contributed by atoms with Gasteiger partial charge in [-0.3, -0.25) is 0 Å². The molecule has 1 unspecified atom stereocenters. The highest BCUT2D eigenvalue weighted by Gasteiger charge is 2.30. The van der Waals surface area contributed by atoms with Crippen molar-refractivity contribution in [1.29, 1.82) is 0 Å². The van der Waals surface area contributed by atoms with E-state index in [0.29, 0.717) is 10.8 Å². The molecule has 98 valence electrons. The Kier molecular flexibility index (Phi) is 4.85. The van der Waals surface area contributed by atoms with Gasteiger partial charge in [-0.2, -0.15) is 0 Å². The summed E-state index contributed by atoms with van der Waals surface area (Å²) in [4.78, 5) is -0.0534. The van der Waals surface area contributed by atoms with Crippen LogP contribution in [0.1, 0.15) is 20.3 Å². The summed E-state index contributed by atoms with van der Waals surface area (Å²) in [7, 11) is -3.77. The number of thiophene rings is 1. The maximum Gasteiger partial charge on any atom is 0.243 e. The fourth-order valence-electron chi connectivity index (χ4n) is 1.10. The Balaban J connectivity index is 3.09. The summed E-state index contributed by atoms with van der Waals surface area (Å²) < 4.78 is 26.9. The van der Waals surface area contributed by atoms with Crippen molar-refractivity contribution in [1.82, 2.24) is 4.72 Å². The van der Waals surface area contributed by atoms with Crippen molar-refractivity contribution < 1.29 is 13.5 Å². The van der Waals surface area contributed by atoms with Crippen LogP contribution in [0.15, 0.2) is 11.0 Å². The van der Waals surface area contributed by atoms with Gasteiger partial charge in [0.2, 0.25) is 10.0 Å². The molecule has 0 saturated carbocycles. The summed E-state index contributed by atoms with van der Waals surface area (Å²) in [5.74, 6) is 0. The minimum absolute atomic E-state index is 0.0534. The number of sulfonamides is 1. The molecule has 0 aliphatic rings. The number of nitrogens with one attached hydrogen (secondary N) is 1. The second-order valence-electron chi connectivity index (χ2n) is 3.87. The highest BCUT2D eigenvalue weighted by Crippen LogP contribution is 2.34. The van der Waals surface area contributed by atoms with E-state index >= 15 is 0 Å². The van der Waals surface area contributed by atoms with Crippen LogP contribution in [0.2, 0.25) is 8.67 Å². The van der Waals surface area contributed by atoms with Gasteiger partial charge in [0.1, 0.15) is 9.23 Å². The SMILES string of the molecule is CCC(C)(CO)NS(=O)(=O)c1cc(Cl)sc1Cl. The predicted molar refractivity (Wildman–Crippen MR) is 70.4 cm³/mol. The van der Waals surface area contributed by atoms with Gasteiger partial charge >= 0.3 is 0 Å². The van der Waals surface area contributed by atoms with Gasteiger partial charge < -0.3 is 5.11 Å². The maximum absolute atomic E-state index is 12.0. The first kappa shape index (κ1) is 15.2. The van der Waals surface area contributed by atoms with E-state index in [1.165, 1.54) is 6.07 Å². The van der Waals surface area contributed by atoms with Gasteiger partial charge in [0.25, 0.3) is 0 Å². The van der Waals surface area contributed by atoms with Gasteiger partial charge in [-0.15, -0.1) is 11.3 Å². The van der Waals surface area contributed by atoms with Crippen LogP contribution >= 0.6 is 34.5 Å². The second kappa shape index (κ2) is 5.42. The molecule has 0 radical (unpaired) electrons. The average Bonchev–Trinajstić information content (AvgIpc) is 2.58. The molecule has 0 aliphatic carbocycles. The fraction of sp³-hybridized carbons (Fsp3) is 0.556. The van der Waals surface area contributed by atoms with Crippen molar-refractivity contribution in [2.24, 2.45) is 0 Å². The van der Waals surface area contributed by atoms with Gasteiger partial charge in [0, 0.05) is 0 Å². The van der Waals surface area contributed by atoms with Crippen LogP contribution in [0, 0.1) is 0 Å². The molecule has 0 aliphatic heterocycles. The standard InChI is InChI=1S/C9H13Cl2NO3S2/c1-3-9(2,5-13)12-17(14,15)6-4-7(10)16-8(6)11/h4,12-13H,3,5H2,1-2H3.